The molecule has 2 heterocycles. The minimum absolute atomic E-state index is 0.0671. The second kappa shape index (κ2) is 8.47. The van der Waals surface area contributed by atoms with Gasteiger partial charge in [-0.15, -0.1) is 0 Å². The number of carbonyl (C=O) groups excluding carboxylic acids is 1. The Hall–Kier alpha value is -2.15. The fraction of sp³-hybridized carbons (Fsp3) is 0.500. The number of hydrogen-bond donors (Lipinski definition) is 2. The van der Waals surface area contributed by atoms with Crippen LogP contribution in [0, 0.1) is 5.92 Å². The average molecular weight is 384 g/mol. The summed E-state index contributed by atoms with van der Waals surface area (Å²) in [7, 11) is 0. The van der Waals surface area contributed by atoms with Gasteiger partial charge >= 0.3 is 6.09 Å². The van der Waals surface area contributed by atoms with Crippen molar-refractivity contribution in [2.75, 3.05) is 25.1 Å². The van der Waals surface area contributed by atoms with Crippen LogP contribution in [0.5, 0.6) is 0 Å². The number of hydrogen-bond acceptors (Lipinski definition) is 5. The summed E-state index contributed by atoms with van der Waals surface area (Å²) in [5.41, 5.74) is 0.735. The van der Waals surface area contributed by atoms with Gasteiger partial charge in [0.05, 0.1) is 24.9 Å². The number of amides is 1. The molecule has 6 nitrogen and oxygen atoms in total. The molecular weight excluding hydrogens is 356 g/mol. The van der Waals surface area contributed by atoms with Crippen molar-refractivity contribution >= 4 is 22.6 Å². The summed E-state index contributed by atoms with van der Waals surface area (Å²) in [6.07, 6.45) is -0.0408. The normalized spacial score (nSPS) is 26.5. The summed E-state index contributed by atoms with van der Waals surface area (Å²) >= 11 is 0. The molecule has 2 aromatic carbocycles. The first-order chi connectivity index (χ1) is 13.6. The lowest BCUT2D eigenvalue weighted by Gasteiger charge is -2.18. The molecule has 2 aliphatic rings. The second-order valence-corrected chi connectivity index (χ2v) is 7.93. The molecule has 2 N–H and O–H groups in total. The Kier molecular flexibility index (Phi) is 5.80. The summed E-state index contributed by atoms with van der Waals surface area (Å²) in [6, 6.07) is 13.9. The molecule has 150 valence electrons. The van der Waals surface area contributed by atoms with E-state index in [0.717, 1.165) is 29.4 Å². The molecule has 2 aromatic rings. The van der Waals surface area contributed by atoms with Gasteiger partial charge < -0.3 is 19.5 Å². The summed E-state index contributed by atoms with van der Waals surface area (Å²) in [5, 5.41) is 8.42. The van der Waals surface area contributed by atoms with Crippen LogP contribution in [-0.4, -0.2) is 50.2 Å². The molecule has 0 bridgehead atoms. The van der Waals surface area contributed by atoms with Gasteiger partial charge in [-0.3, -0.25) is 5.32 Å². The third kappa shape index (κ3) is 4.14. The van der Waals surface area contributed by atoms with Crippen molar-refractivity contribution in [3.05, 3.63) is 42.5 Å². The predicted octanol–water partition coefficient (Wildman–Crippen LogP) is 3.56. The quantitative estimate of drug-likeness (QED) is 0.797. The van der Waals surface area contributed by atoms with E-state index in [1.807, 2.05) is 42.5 Å². The molecule has 0 unspecified atom stereocenters. The number of benzene rings is 2. The number of nitrogens with one attached hydrogen (secondary N) is 2. The van der Waals surface area contributed by atoms with E-state index in [-0.39, 0.29) is 18.2 Å². The molecule has 1 amide bonds. The van der Waals surface area contributed by atoms with E-state index in [2.05, 4.69) is 24.5 Å². The smallest absolute Gasteiger partial charge is 0.412 e. The second-order valence-electron chi connectivity index (χ2n) is 7.93. The van der Waals surface area contributed by atoms with Crippen molar-refractivity contribution in [1.29, 1.82) is 0 Å². The van der Waals surface area contributed by atoms with E-state index in [1.165, 1.54) is 0 Å². The lowest BCUT2D eigenvalue weighted by Crippen LogP contribution is -2.42. The Balaban J connectivity index is 1.33. The maximum absolute atomic E-state index is 12.5. The lowest BCUT2D eigenvalue weighted by molar-refractivity contribution is 0.00857. The average Bonchev–Trinajstić information content (AvgIpc) is 3.25. The highest BCUT2D eigenvalue weighted by Crippen LogP contribution is 2.30. The van der Waals surface area contributed by atoms with Crippen molar-refractivity contribution < 1.29 is 19.0 Å². The van der Waals surface area contributed by atoms with Crippen LogP contribution in [0.3, 0.4) is 0 Å². The number of anilines is 1. The van der Waals surface area contributed by atoms with Gasteiger partial charge in [0.2, 0.25) is 0 Å². The van der Waals surface area contributed by atoms with Crippen molar-refractivity contribution in [1.82, 2.24) is 5.32 Å². The van der Waals surface area contributed by atoms with E-state index in [9.17, 15) is 4.79 Å². The molecule has 6 heteroatoms. The van der Waals surface area contributed by atoms with Gasteiger partial charge in [0.1, 0.15) is 12.2 Å². The number of carbonyl (C=O) groups is 1. The third-order valence-electron chi connectivity index (χ3n) is 5.42. The van der Waals surface area contributed by atoms with Gasteiger partial charge in [-0.25, -0.2) is 4.79 Å². The van der Waals surface area contributed by atoms with E-state index in [0.29, 0.717) is 19.1 Å². The lowest BCUT2D eigenvalue weighted by atomic mass is 10.1. The van der Waals surface area contributed by atoms with Crippen LogP contribution in [0.15, 0.2) is 42.5 Å². The number of fused-ring (bicyclic) bond motifs is 2. The Morgan fingerprint density at radius 3 is 2.75 bits per heavy atom. The zero-order chi connectivity index (χ0) is 19.5. The summed E-state index contributed by atoms with van der Waals surface area (Å²) in [5.74, 6) is 0.656. The molecule has 28 heavy (non-hydrogen) atoms. The van der Waals surface area contributed by atoms with Gasteiger partial charge in [0, 0.05) is 5.39 Å². The maximum atomic E-state index is 12.5. The molecule has 0 spiro atoms. The zero-order valence-corrected chi connectivity index (χ0v) is 16.4. The van der Waals surface area contributed by atoms with Crippen molar-refractivity contribution in [3.8, 4) is 0 Å². The molecule has 2 aliphatic heterocycles. The van der Waals surface area contributed by atoms with Crippen molar-refractivity contribution in [2.45, 2.75) is 44.6 Å². The first kappa shape index (κ1) is 19.2. The van der Waals surface area contributed by atoms with Gasteiger partial charge in [0.25, 0.3) is 0 Å². The minimum atomic E-state index is -0.481. The Labute approximate surface area is 165 Å². The maximum Gasteiger partial charge on any atom is 0.412 e. The molecule has 0 aliphatic carbocycles. The Morgan fingerprint density at radius 1 is 1.11 bits per heavy atom. The predicted molar refractivity (Wildman–Crippen MR) is 109 cm³/mol. The van der Waals surface area contributed by atoms with Crippen LogP contribution in [0.1, 0.15) is 20.3 Å². The van der Waals surface area contributed by atoms with E-state index in [1.54, 1.807) is 0 Å². The monoisotopic (exact) mass is 384 g/mol. The molecule has 4 rings (SSSR count). The Morgan fingerprint density at radius 2 is 1.89 bits per heavy atom. The number of ether oxygens (including phenoxy) is 3. The fourth-order valence-electron chi connectivity index (χ4n) is 3.91. The van der Waals surface area contributed by atoms with Gasteiger partial charge in [-0.1, -0.05) is 50.2 Å². The first-order valence-corrected chi connectivity index (χ1v) is 10.0. The first-order valence-electron chi connectivity index (χ1n) is 10.0. The third-order valence-corrected chi connectivity index (χ3v) is 5.42. The standard InChI is InChI=1S/C22H28N2O4/c1-14(2)10-11-23-18-12-26-21-19(13-27-20(18)21)28-22(25)24-17-9-5-7-15-6-3-4-8-16(15)17/h3-9,14,18-21,23H,10-13H2,1-2H3,(H,24,25)/t18-,19+,20+,21+/m0/s1. The molecule has 2 fully saturated rings. The van der Waals surface area contributed by atoms with Crippen LogP contribution >= 0.6 is 0 Å². The summed E-state index contributed by atoms with van der Waals surface area (Å²) < 4.78 is 17.4. The SMILES string of the molecule is CC(C)CCN[C@H]1CO[C@H]2[C@@H]1OC[C@H]2OC(=O)Nc1cccc2ccccc12. The van der Waals surface area contributed by atoms with Crippen LogP contribution in [0.2, 0.25) is 0 Å². The van der Waals surface area contributed by atoms with E-state index < -0.39 is 12.2 Å². The van der Waals surface area contributed by atoms with Crippen LogP contribution in [-0.2, 0) is 14.2 Å². The molecule has 0 saturated carbocycles. The highest BCUT2D eigenvalue weighted by Gasteiger charge is 2.49. The van der Waals surface area contributed by atoms with Gasteiger partial charge in [0.15, 0.2) is 6.10 Å². The largest absolute Gasteiger partial charge is 0.441 e. The van der Waals surface area contributed by atoms with Crippen molar-refractivity contribution in [3.63, 3.8) is 0 Å². The molecule has 4 atom stereocenters. The topological polar surface area (TPSA) is 68.8 Å². The molecular formula is C22H28N2O4. The minimum Gasteiger partial charge on any atom is -0.441 e. The van der Waals surface area contributed by atoms with E-state index in [4.69, 9.17) is 14.2 Å². The highest BCUT2D eigenvalue weighted by atomic mass is 16.6. The zero-order valence-electron chi connectivity index (χ0n) is 16.4. The van der Waals surface area contributed by atoms with Crippen molar-refractivity contribution in [2.24, 2.45) is 5.92 Å². The number of rotatable bonds is 6. The van der Waals surface area contributed by atoms with E-state index >= 15 is 0 Å². The summed E-state index contributed by atoms with van der Waals surface area (Å²) in [6.45, 7) is 6.30. The highest BCUT2D eigenvalue weighted by molar-refractivity contribution is 6.00. The van der Waals surface area contributed by atoms with Crippen LogP contribution in [0.4, 0.5) is 10.5 Å². The van der Waals surface area contributed by atoms with Crippen LogP contribution in [0.25, 0.3) is 10.8 Å². The summed E-state index contributed by atoms with van der Waals surface area (Å²) in [4.78, 5) is 12.5. The molecule has 2 saturated heterocycles. The molecule has 0 aromatic heterocycles. The van der Waals surface area contributed by atoms with Crippen LogP contribution < -0.4 is 10.6 Å². The van der Waals surface area contributed by atoms with Gasteiger partial charge in [-0.2, -0.15) is 0 Å². The molecule has 0 radical (unpaired) electrons. The van der Waals surface area contributed by atoms with Gasteiger partial charge in [-0.05, 0) is 30.3 Å². The fourth-order valence-corrected chi connectivity index (χ4v) is 3.91. The Bertz CT molecular complexity index is 820.